The number of nitrogens with zero attached hydrogens (tertiary/aromatic N) is 3. The molecule has 226 valence electrons. The van der Waals surface area contributed by atoms with Crippen molar-refractivity contribution >= 4 is 51.8 Å². The van der Waals surface area contributed by atoms with Gasteiger partial charge in [-0.2, -0.15) is 0 Å². The first-order valence-corrected chi connectivity index (χ1v) is 15.1. The summed E-state index contributed by atoms with van der Waals surface area (Å²) >= 11 is 12.4. The van der Waals surface area contributed by atoms with Gasteiger partial charge in [0, 0.05) is 35.8 Å². The van der Waals surface area contributed by atoms with Gasteiger partial charge in [-0.3, -0.25) is 9.69 Å². The van der Waals surface area contributed by atoms with E-state index < -0.39 is 23.7 Å². The fourth-order valence-corrected chi connectivity index (χ4v) is 6.63. The molecule has 2 heterocycles. The lowest BCUT2D eigenvalue weighted by atomic mass is 9.89. The minimum Gasteiger partial charge on any atom is -0.465 e. The van der Waals surface area contributed by atoms with Crippen LogP contribution in [0.4, 0.5) is 10.1 Å². The highest BCUT2D eigenvalue weighted by Crippen LogP contribution is 2.42. The number of anilines is 1. The summed E-state index contributed by atoms with van der Waals surface area (Å²) in [6.07, 6.45) is 1.28. The first-order chi connectivity index (χ1) is 20.6. The van der Waals surface area contributed by atoms with Gasteiger partial charge < -0.3 is 14.6 Å². The monoisotopic (exact) mass is 624 g/mol. The standard InChI is InChI=1S/C33H35Cl2FN4O3/c1-19(2)18-40-24(13-14-39-20(3)37-28-15-21(33(42)43-4)11-12-29(28)39)17-26(25-9-6-10-27(35)30(25)36)31(40)32(41)38-23-8-5-7-22(34)16-23/h5-12,15-16,19,24,26,31H,13-14,17-18H2,1-4H3,(H,38,41)/t24-,26?,31?/m0/s1. The number of carbonyl (C=O) groups excluding carboxylic acids is 2. The molecule has 0 aliphatic carbocycles. The van der Waals surface area contributed by atoms with E-state index in [2.05, 4.69) is 33.6 Å². The second-order valence-corrected chi connectivity index (χ2v) is 12.3. The number of methoxy groups -OCH3 is 1. The number of hydrogen-bond acceptors (Lipinski definition) is 5. The molecular formula is C33H35Cl2FN4O3. The van der Waals surface area contributed by atoms with Gasteiger partial charge in [0.1, 0.15) is 11.6 Å². The van der Waals surface area contributed by atoms with Crippen LogP contribution in [0.1, 0.15) is 54.4 Å². The number of imidazole rings is 1. The third kappa shape index (κ3) is 6.56. The summed E-state index contributed by atoms with van der Waals surface area (Å²) in [5, 5.41) is 3.58. The summed E-state index contributed by atoms with van der Waals surface area (Å²) in [5.74, 6) is -0.444. The molecule has 0 bridgehead atoms. The van der Waals surface area contributed by atoms with E-state index >= 15 is 4.39 Å². The van der Waals surface area contributed by atoms with E-state index in [4.69, 9.17) is 27.9 Å². The molecule has 1 aromatic heterocycles. The molecule has 3 aromatic carbocycles. The number of aryl methyl sites for hydroxylation is 2. The van der Waals surface area contributed by atoms with Crippen LogP contribution in [-0.4, -0.2) is 52.1 Å². The van der Waals surface area contributed by atoms with Gasteiger partial charge in [0.15, 0.2) is 0 Å². The van der Waals surface area contributed by atoms with Crippen LogP contribution in [0.25, 0.3) is 11.0 Å². The van der Waals surface area contributed by atoms with Crippen molar-refractivity contribution in [2.45, 2.75) is 58.2 Å². The molecular weight excluding hydrogens is 590 g/mol. The number of rotatable bonds is 9. The topological polar surface area (TPSA) is 76.5 Å². The van der Waals surface area contributed by atoms with Crippen LogP contribution in [0, 0.1) is 18.7 Å². The second-order valence-electron chi connectivity index (χ2n) is 11.5. The fourth-order valence-electron chi connectivity index (χ4n) is 6.26. The number of likely N-dealkylation sites (tertiary alicyclic amines) is 1. The number of esters is 1. The first-order valence-electron chi connectivity index (χ1n) is 14.4. The minimum absolute atomic E-state index is 0.0212. The minimum atomic E-state index is -0.623. The van der Waals surface area contributed by atoms with Crippen molar-refractivity contribution in [3.8, 4) is 0 Å². The third-order valence-electron chi connectivity index (χ3n) is 8.10. The van der Waals surface area contributed by atoms with E-state index in [1.807, 2.05) is 13.0 Å². The van der Waals surface area contributed by atoms with Crippen LogP contribution in [0.2, 0.25) is 10.0 Å². The summed E-state index contributed by atoms with van der Waals surface area (Å²) in [7, 11) is 1.35. The lowest BCUT2D eigenvalue weighted by molar-refractivity contribution is -0.121. The van der Waals surface area contributed by atoms with E-state index in [9.17, 15) is 9.59 Å². The predicted molar refractivity (Wildman–Crippen MR) is 168 cm³/mol. The van der Waals surface area contributed by atoms with Crippen molar-refractivity contribution in [2.75, 3.05) is 19.0 Å². The van der Waals surface area contributed by atoms with Gasteiger partial charge in [-0.05, 0) is 73.7 Å². The normalized spacial score (nSPS) is 18.8. The van der Waals surface area contributed by atoms with Crippen molar-refractivity contribution in [3.05, 3.63) is 93.5 Å². The van der Waals surface area contributed by atoms with Gasteiger partial charge in [0.05, 0.1) is 34.8 Å². The zero-order valence-corrected chi connectivity index (χ0v) is 26.1. The maximum atomic E-state index is 15.5. The maximum absolute atomic E-state index is 15.5. The highest BCUT2D eigenvalue weighted by Gasteiger charge is 2.46. The molecule has 0 saturated carbocycles. The van der Waals surface area contributed by atoms with E-state index in [0.717, 1.165) is 11.3 Å². The zero-order chi connectivity index (χ0) is 30.8. The van der Waals surface area contributed by atoms with E-state index in [1.165, 1.54) is 13.2 Å². The lowest BCUT2D eigenvalue weighted by Crippen LogP contribution is -2.47. The molecule has 0 spiro atoms. The number of ether oxygens (including phenoxy) is 1. The average molecular weight is 626 g/mol. The summed E-state index contributed by atoms with van der Waals surface area (Å²) in [4.78, 5) is 33.0. The largest absolute Gasteiger partial charge is 0.465 e. The summed E-state index contributed by atoms with van der Waals surface area (Å²) in [5.41, 5.74) is 3.09. The summed E-state index contributed by atoms with van der Waals surface area (Å²) in [6.45, 7) is 7.45. The Bertz CT molecular complexity index is 1660. The Labute approximate surface area is 260 Å². The molecule has 10 heteroatoms. The molecule has 0 radical (unpaired) electrons. The molecule has 2 unspecified atom stereocenters. The molecule has 43 heavy (non-hydrogen) atoms. The van der Waals surface area contributed by atoms with E-state index in [0.29, 0.717) is 53.3 Å². The number of hydrogen-bond donors (Lipinski definition) is 1. The molecule has 1 amide bonds. The Morgan fingerprint density at radius 3 is 2.60 bits per heavy atom. The van der Waals surface area contributed by atoms with Gasteiger partial charge in [-0.1, -0.05) is 55.2 Å². The predicted octanol–water partition coefficient (Wildman–Crippen LogP) is 7.49. The molecule has 1 aliphatic heterocycles. The molecule has 4 aromatic rings. The molecule has 1 fully saturated rings. The van der Waals surface area contributed by atoms with Gasteiger partial charge in [-0.15, -0.1) is 0 Å². The van der Waals surface area contributed by atoms with Crippen molar-refractivity contribution in [1.82, 2.24) is 14.5 Å². The van der Waals surface area contributed by atoms with E-state index in [-0.39, 0.29) is 22.9 Å². The Hall–Kier alpha value is -3.46. The number of fused-ring (bicyclic) bond motifs is 1. The molecule has 7 nitrogen and oxygen atoms in total. The van der Waals surface area contributed by atoms with Gasteiger partial charge in [-0.25, -0.2) is 14.2 Å². The van der Waals surface area contributed by atoms with Crippen molar-refractivity contribution in [2.24, 2.45) is 5.92 Å². The summed E-state index contributed by atoms with van der Waals surface area (Å²) < 4.78 is 22.5. The van der Waals surface area contributed by atoms with Crippen molar-refractivity contribution < 1.29 is 18.7 Å². The Morgan fingerprint density at radius 1 is 1.12 bits per heavy atom. The molecule has 1 saturated heterocycles. The molecule has 3 atom stereocenters. The lowest BCUT2D eigenvalue weighted by Gasteiger charge is -2.32. The zero-order valence-electron chi connectivity index (χ0n) is 24.6. The summed E-state index contributed by atoms with van der Waals surface area (Å²) in [6, 6.07) is 16.7. The number of carbonyl (C=O) groups is 2. The number of nitrogens with one attached hydrogen (secondary N) is 1. The van der Waals surface area contributed by atoms with Crippen LogP contribution >= 0.6 is 23.2 Å². The average Bonchev–Trinajstić information content (AvgIpc) is 3.48. The smallest absolute Gasteiger partial charge is 0.337 e. The van der Waals surface area contributed by atoms with Crippen LogP contribution in [0.15, 0.2) is 60.7 Å². The van der Waals surface area contributed by atoms with Crippen molar-refractivity contribution in [3.63, 3.8) is 0 Å². The van der Waals surface area contributed by atoms with Gasteiger partial charge in [0.2, 0.25) is 5.91 Å². The number of benzene rings is 3. The van der Waals surface area contributed by atoms with Gasteiger partial charge in [0.25, 0.3) is 0 Å². The number of aromatic nitrogens is 2. The highest BCUT2D eigenvalue weighted by atomic mass is 35.5. The maximum Gasteiger partial charge on any atom is 0.337 e. The van der Waals surface area contributed by atoms with Crippen LogP contribution in [-0.2, 0) is 16.1 Å². The Morgan fingerprint density at radius 2 is 1.88 bits per heavy atom. The molecule has 1 N–H and O–H groups in total. The van der Waals surface area contributed by atoms with Crippen LogP contribution < -0.4 is 5.32 Å². The Balaban J connectivity index is 1.48. The fraction of sp³-hybridized carbons (Fsp3) is 0.364. The third-order valence-corrected chi connectivity index (χ3v) is 8.62. The quantitative estimate of drug-likeness (QED) is 0.195. The number of halogens is 3. The molecule has 5 rings (SSSR count). The van der Waals surface area contributed by atoms with E-state index in [1.54, 1.807) is 48.5 Å². The SMILES string of the molecule is COC(=O)c1ccc2c(c1)nc(C)n2CC[C@H]1CC(c2cccc(Cl)c2F)C(C(=O)Nc2cccc(Cl)c2)N1CC(C)C. The molecule has 1 aliphatic rings. The Kier molecular flexibility index (Phi) is 9.39. The highest BCUT2D eigenvalue weighted by molar-refractivity contribution is 6.31. The number of amides is 1. The van der Waals surface area contributed by atoms with Crippen LogP contribution in [0.3, 0.4) is 0 Å². The first kappa shape index (κ1) is 31.0. The van der Waals surface area contributed by atoms with Crippen LogP contribution in [0.5, 0.6) is 0 Å². The van der Waals surface area contributed by atoms with Gasteiger partial charge >= 0.3 is 5.97 Å². The second kappa shape index (κ2) is 13.0. The van der Waals surface area contributed by atoms with Crippen molar-refractivity contribution in [1.29, 1.82) is 0 Å².